The minimum Gasteiger partial charge on any atom is -0.344 e. The molecular weight excluding hydrogens is 462 g/mol. The van der Waals surface area contributed by atoms with E-state index >= 15 is 0 Å². The van der Waals surface area contributed by atoms with Crippen molar-refractivity contribution in [3.8, 4) is 0 Å². The second-order valence-corrected chi connectivity index (χ2v) is 12.9. The van der Waals surface area contributed by atoms with E-state index in [-0.39, 0.29) is 40.2 Å². The van der Waals surface area contributed by atoms with Crippen LogP contribution in [0.2, 0.25) is 5.02 Å². The number of carbonyl (C=O) groups excluding carboxylic acids is 2. The first-order valence-electron chi connectivity index (χ1n) is 12.0. The average Bonchev–Trinajstić information content (AvgIpc) is 2.78. The number of nitrogens with one attached hydrogen (secondary N) is 1. The molecule has 5 fully saturated rings. The zero-order chi connectivity index (χ0) is 23.4. The molecule has 9 heteroatoms. The Morgan fingerprint density at radius 1 is 1.00 bits per heavy atom. The maximum atomic E-state index is 13.3. The maximum absolute atomic E-state index is 13.3. The molecule has 0 aromatic heterocycles. The monoisotopic (exact) mass is 493 g/mol. The standard InChI is InChI=1S/C24H32ClN3O4S/c1-16(26-23(30)24-13-17-10-18(14-24)12-19(11-17)15-24)22(29)27-6-8-28(9-7-27)33(31,32)21-5-3-2-4-20(21)25/h2-5,16-19H,6-15H2,1H3,(H,26,30). The van der Waals surface area contributed by atoms with Crippen molar-refractivity contribution in [3.63, 3.8) is 0 Å². The van der Waals surface area contributed by atoms with Crippen LogP contribution in [0.3, 0.4) is 0 Å². The van der Waals surface area contributed by atoms with Crippen molar-refractivity contribution in [2.45, 2.75) is 56.4 Å². The summed E-state index contributed by atoms with van der Waals surface area (Å²) in [5.41, 5.74) is -0.287. The zero-order valence-corrected chi connectivity index (χ0v) is 20.6. The van der Waals surface area contributed by atoms with Crippen molar-refractivity contribution in [2.24, 2.45) is 23.2 Å². The minimum atomic E-state index is -3.71. The van der Waals surface area contributed by atoms with Crippen LogP contribution in [0.15, 0.2) is 29.2 Å². The molecule has 7 nitrogen and oxygen atoms in total. The zero-order valence-electron chi connectivity index (χ0n) is 19.0. The predicted molar refractivity (Wildman–Crippen MR) is 125 cm³/mol. The fourth-order valence-corrected chi connectivity index (χ4v) is 8.93. The maximum Gasteiger partial charge on any atom is 0.244 e. The van der Waals surface area contributed by atoms with Gasteiger partial charge in [-0.3, -0.25) is 9.59 Å². The van der Waals surface area contributed by atoms with Gasteiger partial charge in [-0.1, -0.05) is 23.7 Å². The molecule has 0 spiro atoms. The van der Waals surface area contributed by atoms with Crippen molar-refractivity contribution in [3.05, 3.63) is 29.3 Å². The lowest BCUT2D eigenvalue weighted by Gasteiger charge is -2.55. The highest BCUT2D eigenvalue weighted by Gasteiger charge is 2.54. The Labute approximate surface area is 200 Å². The third-order valence-corrected chi connectivity index (χ3v) is 10.6. The van der Waals surface area contributed by atoms with E-state index in [4.69, 9.17) is 11.6 Å². The molecule has 1 aliphatic heterocycles. The number of hydrogen-bond donors (Lipinski definition) is 1. The van der Waals surface area contributed by atoms with E-state index in [9.17, 15) is 18.0 Å². The summed E-state index contributed by atoms with van der Waals surface area (Å²) < 4.78 is 27.3. The molecule has 1 aromatic carbocycles. The quantitative estimate of drug-likeness (QED) is 0.683. The Hall–Kier alpha value is -1.64. The Morgan fingerprint density at radius 2 is 1.55 bits per heavy atom. The molecule has 1 N–H and O–H groups in total. The second kappa shape index (κ2) is 8.54. The normalized spacial score (nSPS) is 32.5. The topological polar surface area (TPSA) is 86.8 Å². The first kappa shape index (κ1) is 23.1. The molecule has 1 saturated heterocycles. The first-order chi connectivity index (χ1) is 15.7. The number of sulfonamides is 1. The molecule has 4 saturated carbocycles. The summed E-state index contributed by atoms with van der Waals surface area (Å²) in [4.78, 5) is 28.1. The number of amides is 2. The number of halogens is 1. The molecule has 180 valence electrons. The number of hydrogen-bond acceptors (Lipinski definition) is 4. The van der Waals surface area contributed by atoms with E-state index in [0.29, 0.717) is 30.8 Å². The Kier molecular flexibility index (Phi) is 5.98. The van der Waals surface area contributed by atoms with Gasteiger partial charge >= 0.3 is 0 Å². The van der Waals surface area contributed by atoms with Gasteiger partial charge in [0.1, 0.15) is 10.9 Å². The number of carbonyl (C=O) groups is 2. The molecule has 1 atom stereocenters. The van der Waals surface area contributed by atoms with Gasteiger partial charge in [0.15, 0.2) is 0 Å². The summed E-state index contributed by atoms with van der Waals surface area (Å²) in [6, 6.07) is 5.78. The van der Waals surface area contributed by atoms with Gasteiger partial charge in [0.25, 0.3) is 0 Å². The summed E-state index contributed by atoms with van der Waals surface area (Å²) in [5, 5.41) is 3.22. The van der Waals surface area contributed by atoms with Crippen LogP contribution in [0.4, 0.5) is 0 Å². The van der Waals surface area contributed by atoms with Crippen LogP contribution in [0.25, 0.3) is 0 Å². The molecule has 1 heterocycles. The molecule has 33 heavy (non-hydrogen) atoms. The SMILES string of the molecule is CC(NC(=O)C12CC3CC(CC(C3)C1)C2)C(=O)N1CCN(S(=O)(=O)c2ccccc2Cl)CC1. The van der Waals surface area contributed by atoms with Gasteiger partial charge in [0.2, 0.25) is 21.8 Å². The minimum absolute atomic E-state index is 0.0439. The summed E-state index contributed by atoms with van der Waals surface area (Å²) >= 11 is 6.10. The Balaban J connectivity index is 1.18. The van der Waals surface area contributed by atoms with E-state index < -0.39 is 16.1 Å². The van der Waals surface area contributed by atoms with Crippen LogP contribution in [-0.4, -0.2) is 61.7 Å². The van der Waals surface area contributed by atoms with E-state index in [2.05, 4.69) is 5.32 Å². The van der Waals surface area contributed by atoms with Crippen molar-refractivity contribution in [1.29, 1.82) is 0 Å². The van der Waals surface area contributed by atoms with E-state index in [1.54, 1.807) is 30.0 Å². The van der Waals surface area contributed by atoms with Crippen molar-refractivity contribution < 1.29 is 18.0 Å². The third-order valence-electron chi connectivity index (χ3n) is 8.24. The molecule has 2 amide bonds. The smallest absolute Gasteiger partial charge is 0.244 e. The fraction of sp³-hybridized carbons (Fsp3) is 0.667. The number of rotatable bonds is 5. The first-order valence-corrected chi connectivity index (χ1v) is 13.8. The van der Waals surface area contributed by atoms with Crippen molar-refractivity contribution in [1.82, 2.24) is 14.5 Å². The molecule has 4 bridgehead atoms. The van der Waals surface area contributed by atoms with Crippen molar-refractivity contribution in [2.75, 3.05) is 26.2 Å². The highest BCUT2D eigenvalue weighted by atomic mass is 35.5. The van der Waals surface area contributed by atoms with Gasteiger partial charge < -0.3 is 10.2 Å². The lowest BCUT2D eigenvalue weighted by molar-refractivity contribution is -0.149. The van der Waals surface area contributed by atoms with E-state index in [1.165, 1.54) is 29.6 Å². The fourth-order valence-electron chi connectivity index (χ4n) is 7.02. The summed E-state index contributed by atoms with van der Waals surface area (Å²) in [5.74, 6) is 1.90. The van der Waals surface area contributed by atoms with Crippen LogP contribution in [0.1, 0.15) is 45.4 Å². The van der Waals surface area contributed by atoms with Crippen LogP contribution < -0.4 is 5.32 Å². The molecule has 5 aliphatic rings. The van der Waals surface area contributed by atoms with Crippen LogP contribution in [-0.2, 0) is 19.6 Å². The van der Waals surface area contributed by atoms with Gasteiger partial charge in [-0.15, -0.1) is 0 Å². The molecule has 4 aliphatic carbocycles. The van der Waals surface area contributed by atoms with Gasteiger partial charge in [0.05, 0.1) is 5.02 Å². The Bertz CT molecular complexity index is 1020. The van der Waals surface area contributed by atoms with Crippen LogP contribution in [0, 0.1) is 23.2 Å². The molecular formula is C24H32ClN3O4S. The molecule has 1 unspecified atom stereocenters. The van der Waals surface area contributed by atoms with Gasteiger partial charge in [-0.05, 0) is 75.3 Å². The van der Waals surface area contributed by atoms with E-state index in [1.807, 2.05) is 0 Å². The second-order valence-electron chi connectivity index (χ2n) is 10.6. The van der Waals surface area contributed by atoms with Gasteiger partial charge in [-0.2, -0.15) is 4.31 Å². The lowest BCUT2D eigenvalue weighted by atomic mass is 9.49. The van der Waals surface area contributed by atoms with Crippen molar-refractivity contribution >= 4 is 33.4 Å². The Morgan fingerprint density at radius 3 is 2.09 bits per heavy atom. The highest BCUT2D eigenvalue weighted by molar-refractivity contribution is 7.89. The highest BCUT2D eigenvalue weighted by Crippen LogP contribution is 2.60. The van der Waals surface area contributed by atoms with Crippen LogP contribution in [0.5, 0.6) is 0 Å². The van der Waals surface area contributed by atoms with Gasteiger partial charge in [-0.25, -0.2) is 8.42 Å². The van der Waals surface area contributed by atoms with E-state index in [0.717, 1.165) is 19.3 Å². The molecule has 0 radical (unpaired) electrons. The summed E-state index contributed by atoms with van der Waals surface area (Å²) in [6.07, 6.45) is 6.69. The number of piperazine rings is 1. The average molecular weight is 494 g/mol. The predicted octanol–water partition coefficient (Wildman–Crippen LogP) is 2.89. The van der Waals surface area contributed by atoms with Crippen LogP contribution >= 0.6 is 11.6 Å². The van der Waals surface area contributed by atoms with Gasteiger partial charge in [0, 0.05) is 31.6 Å². The lowest BCUT2D eigenvalue weighted by Crippen LogP contribution is -2.58. The summed E-state index contributed by atoms with van der Waals surface area (Å²) in [7, 11) is -3.71. The number of benzene rings is 1. The third kappa shape index (κ3) is 4.19. The summed E-state index contributed by atoms with van der Waals surface area (Å²) in [6.45, 7) is 2.73. The molecule has 1 aromatic rings. The number of nitrogens with zero attached hydrogens (tertiary/aromatic N) is 2. The largest absolute Gasteiger partial charge is 0.344 e. The molecule has 6 rings (SSSR count).